The predicted molar refractivity (Wildman–Crippen MR) is 132 cm³/mol. The predicted octanol–water partition coefficient (Wildman–Crippen LogP) is 1.33. The summed E-state index contributed by atoms with van der Waals surface area (Å²) in [5.74, 6) is -1.95. The molecule has 15 heteroatoms. The lowest BCUT2D eigenvalue weighted by molar-refractivity contribution is -0.143. The summed E-state index contributed by atoms with van der Waals surface area (Å²) in [6.07, 6.45) is 0.639. The number of esters is 1. The molecular formula is C22H23FN4O7S3. The van der Waals surface area contributed by atoms with Crippen molar-refractivity contribution in [2.45, 2.75) is 42.1 Å². The Balaban J connectivity index is 1.76. The van der Waals surface area contributed by atoms with E-state index in [0.717, 1.165) is 39.9 Å². The van der Waals surface area contributed by atoms with Crippen molar-refractivity contribution in [2.75, 3.05) is 13.2 Å². The summed E-state index contributed by atoms with van der Waals surface area (Å²) in [7, 11) is -8.10. The van der Waals surface area contributed by atoms with E-state index in [-0.39, 0.29) is 40.7 Å². The van der Waals surface area contributed by atoms with Crippen LogP contribution in [0.25, 0.3) is 10.2 Å². The minimum absolute atomic E-state index is 0.0608. The van der Waals surface area contributed by atoms with E-state index in [2.05, 4.69) is 4.99 Å². The van der Waals surface area contributed by atoms with Gasteiger partial charge in [0.05, 0.1) is 26.6 Å². The van der Waals surface area contributed by atoms with Crippen molar-refractivity contribution in [1.29, 1.82) is 0 Å². The number of hydrogen-bond donors (Lipinski definition) is 1. The van der Waals surface area contributed by atoms with Gasteiger partial charge < -0.3 is 9.30 Å². The monoisotopic (exact) mass is 570 g/mol. The minimum atomic E-state index is -4.10. The Morgan fingerprint density at radius 3 is 2.46 bits per heavy atom. The molecule has 0 radical (unpaired) electrons. The second-order valence-electron chi connectivity index (χ2n) is 8.13. The second-order valence-corrected chi connectivity index (χ2v) is 12.6. The quantitative estimate of drug-likeness (QED) is 0.420. The van der Waals surface area contributed by atoms with E-state index in [4.69, 9.17) is 9.88 Å². The van der Waals surface area contributed by atoms with Crippen LogP contribution in [-0.2, 0) is 40.9 Å². The largest absolute Gasteiger partial charge is 0.465 e. The van der Waals surface area contributed by atoms with Crippen LogP contribution in [-0.4, -0.2) is 56.8 Å². The second kappa shape index (κ2) is 10.4. The number of rotatable bonds is 7. The number of ether oxygens (including phenoxy) is 1. The molecular weight excluding hydrogens is 547 g/mol. The Morgan fingerprint density at radius 1 is 1.14 bits per heavy atom. The fourth-order valence-electron chi connectivity index (χ4n) is 3.99. The first-order chi connectivity index (χ1) is 17.4. The van der Waals surface area contributed by atoms with Crippen LogP contribution in [0.5, 0.6) is 0 Å². The molecule has 2 N–H and O–H groups in total. The zero-order valence-electron chi connectivity index (χ0n) is 19.5. The molecule has 1 aromatic heterocycles. The third-order valence-electron chi connectivity index (χ3n) is 5.69. The number of carbonyl (C=O) groups is 2. The van der Waals surface area contributed by atoms with Gasteiger partial charge in [0.25, 0.3) is 5.91 Å². The molecule has 11 nitrogen and oxygen atoms in total. The Morgan fingerprint density at radius 2 is 1.81 bits per heavy atom. The summed E-state index contributed by atoms with van der Waals surface area (Å²) in [5.41, 5.74) is 0.416. The van der Waals surface area contributed by atoms with Crippen LogP contribution in [0.3, 0.4) is 0 Å². The van der Waals surface area contributed by atoms with Gasteiger partial charge in [-0.05, 0) is 62.2 Å². The molecule has 1 aliphatic heterocycles. The van der Waals surface area contributed by atoms with Crippen LogP contribution < -0.4 is 9.94 Å². The smallest absolute Gasteiger partial charge is 0.326 e. The molecule has 2 aromatic carbocycles. The number of benzene rings is 2. The van der Waals surface area contributed by atoms with Gasteiger partial charge >= 0.3 is 5.97 Å². The number of thiazole rings is 1. The van der Waals surface area contributed by atoms with Crippen LogP contribution in [0.4, 0.5) is 4.39 Å². The number of fused-ring (bicyclic) bond motifs is 1. The topological polar surface area (TPSA) is 158 Å². The third kappa shape index (κ3) is 5.65. The van der Waals surface area contributed by atoms with E-state index in [1.807, 2.05) is 0 Å². The molecule has 1 amide bonds. The van der Waals surface area contributed by atoms with Gasteiger partial charge in [-0.15, -0.1) is 0 Å². The Labute approximate surface area is 216 Å². The van der Waals surface area contributed by atoms with Crippen molar-refractivity contribution in [3.63, 3.8) is 0 Å². The first-order valence-electron chi connectivity index (χ1n) is 11.1. The lowest BCUT2D eigenvalue weighted by Gasteiger charge is -2.21. The number of hydrogen-bond acceptors (Lipinski definition) is 8. The first kappa shape index (κ1) is 27.1. The third-order valence-corrected chi connectivity index (χ3v) is 9.56. The minimum Gasteiger partial charge on any atom is -0.465 e. The number of nitrogens with zero attached hydrogens (tertiary/aromatic N) is 3. The maximum absolute atomic E-state index is 13.3. The molecule has 37 heavy (non-hydrogen) atoms. The van der Waals surface area contributed by atoms with Crippen molar-refractivity contribution in [3.05, 3.63) is 53.1 Å². The van der Waals surface area contributed by atoms with Crippen molar-refractivity contribution in [1.82, 2.24) is 8.87 Å². The molecule has 4 rings (SSSR count). The van der Waals surface area contributed by atoms with E-state index in [9.17, 15) is 30.8 Å². The normalized spacial score (nSPS) is 17.4. The average Bonchev–Trinajstić information content (AvgIpc) is 3.45. The number of halogens is 1. The van der Waals surface area contributed by atoms with Gasteiger partial charge in [0.15, 0.2) is 4.80 Å². The van der Waals surface area contributed by atoms with Gasteiger partial charge in [0.2, 0.25) is 20.0 Å². The fraction of sp³-hybridized carbons (Fsp3) is 0.318. The molecule has 1 fully saturated rings. The molecule has 1 aliphatic rings. The molecule has 198 valence electrons. The molecule has 3 aromatic rings. The molecule has 0 bridgehead atoms. The van der Waals surface area contributed by atoms with Gasteiger partial charge in [-0.2, -0.15) is 9.30 Å². The van der Waals surface area contributed by atoms with Crippen molar-refractivity contribution < 1.29 is 35.6 Å². The number of amides is 1. The fourth-order valence-corrected chi connectivity index (χ4v) is 7.33. The molecule has 0 spiro atoms. The highest BCUT2D eigenvalue weighted by Gasteiger charge is 2.39. The number of aromatic nitrogens is 1. The summed E-state index contributed by atoms with van der Waals surface area (Å²) in [4.78, 5) is 29.4. The van der Waals surface area contributed by atoms with Crippen LogP contribution in [0, 0.1) is 5.82 Å². The summed E-state index contributed by atoms with van der Waals surface area (Å²) < 4.78 is 71.0. The molecule has 1 saturated heterocycles. The maximum Gasteiger partial charge on any atom is 0.326 e. The molecule has 2 heterocycles. The van der Waals surface area contributed by atoms with Gasteiger partial charge in [0, 0.05) is 6.54 Å². The number of nitrogens with two attached hydrogens (primary N) is 1. The Kier molecular flexibility index (Phi) is 7.62. The Hall–Kier alpha value is -2.98. The van der Waals surface area contributed by atoms with E-state index >= 15 is 0 Å². The highest BCUT2D eigenvalue weighted by Crippen LogP contribution is 2.27. The summed E-state index contributed by atoms with van der Waals surface area (Å²) in [6.45, 7) is 1.54. The van der Waals surface area contributed by atoms with Crippen LogP contribution in [0.2, 0.25) is 0 Å². The van der Waals surface area contributed by atoms with Crippen molar-refractivity contribution >= 4 is 53.5 Å². The van der Waals surface area contributed by atoms with E-state index in [0.29, 0.717) is 16.6 Å². The summed E-state index contributed by atoms with van der Waals surface area (Å²) in [6, 6.07) is 7.22. The van der Waals surface area contributed by atoms with Gasteiger partial charge in [-0.25, -0.2) is 26.4 Å². The summed E-state index contributed by atoms with van der Waals surface area (Å²) >= 11 is 0.946. The first-order valence-corrected chi connectivity index (χ1v) is 14.9. The van der Waals surface area contributed by atoms with Gasteiger partial charge in [-0.3, -0.25) is 9.59 Å². The van der Waals surface area contributed by atoms with Crippen LogP contribution in [0.15, 0.2) is 57.2 Å². The van der Waals surface area contributed by atoms with Crippen LogP contribution >= 0.6 is 11.3 Å². The van der Waals surface area contributed by atoms with Gasteiger partial charge in [-0.1, -0.05) is 11.3 Å². The highest BCUT2D eigenvalue weighted by molar-refractivity contribution is 7.89. The van der Waals surface area contributed by atoms with Crippen molar-refractivity contribution in [2.24, 2.45) is 10.1 Å². The zero-order chi connectivity index (χ0) is 27.0. The molecule has 1 atom stereocenters. The van der Waals surface area contributed by atoms with Crippen molar-refractivity contribution in [3.8, 4) is 0 Å². The molecule has 0 saturated carbocycles. The summed E-state index contributed by atoms with van der Waals surface area (Å²) in [5, 5.41) is 5.22. The number of carbonyl (C=O) groups excluding carboxylic acids is 2. The van der Waals surface area contributed by atoms with E-state index < -0.39 is 43.8 Å². The SMILES string of the molecule is CCOC(=O)Cn1c(=NC(=O)C2CCCN2S(=O)(=O)c2ccc(F)cc2)sc2cc(S(N)(=O)=O)ccc21. The standard InChI is InChI=1S/C22H23FN4O7S3/c1-2-34-20(28)13-26-17-10-9-16(36(24,30)31)12-19(17)35-22(26)25-21(29)18-4-3-11-27(18)37(32,33)15-7-5-14(23)6-8-15/h5-10,12,18H,2-4,11,13H2,1H3,(H2,24,30,31). The number of sulfonamides is 2. The average molecular weight is 571 g/mol. The van der Waals surface area contributed by atoms with E-state index in [1.54, 1.807) is 6.92 Å². The zero-order valence-corrected chi connectivity index (χ0v) is 22.0. The van der Waals surface area contributed by atoms with Crippen LogP contribution in [0.1, 0.15) is 19.8 Å². The maximum atomic E-state index is 13.3. The molecule has 0 aliphatic carbocycles. The lowest BCUT2D eigenvalue weighted by Crippen LogP contribution is -2.40. The van der Waals surface area contributed by atoms with E-state index in [1.165, 1.54) is 22.8 Å². The number of primary sulfonamides is 1. The Bertz CT molecular complexity index is 1650. The highest BCUT2D eigenvalue weighted by atomic mass is 32.2. The lowest BCUT2D eigenvalue weighted by atomic mass is 10.2. The van der Waals surface area contributed by atoms with Gasteiger partial charge in [0.1, 0.15) is 18.4 Å². The molecule has 1 unspecified atom stereocenters.